The fourth-order valence-corrected chi connectivity index (χ4v) is 1.76. The minimum atomic E-state index is -4.43. The van der Waals surface area contributed by atoms with E-state index in [1.807, 2.05) is 13.2 Å². The van der Waals surface area contributed by atoms with Gasteiger partial charge < -0.3 is 5.32 Å². The van der Waals surface area contributed by atoms with Gasteiger partial charge in [-0.1, -0.05) is 0 Å². The first-order chi connectivity index (χ1) is 7.93. The average Bonchev–Trinajstić information content (AvgIpc) is 2.25. The summed E-state index contributed by atoms with van der Waals surface area (Å²) in [7, 11) is 0. The molecular weight excluding hydrogens is 251 g/mol. The lowest BCUT2D eigenvalue weighted by atomic mass is 10.3. The SMILES string of the molecule is CSCCC(C)Nc1nccc(C(F)(F)F)n1. The Morgan fingerprint density at radius 3 is 2.76 bits per heavy atom. The number of hydrogen-bond donors (Lipinski definition) is 1. The van der Waals surface area contributed by atoms with E-state index in [1.165, 1.54) is 0 Å². The van der Waals surface area contributed by atoms with Gasteiger partial charge in [-0.15, -0.1) is 0 Å². The largest absolute Gasteiger partial charge is 0.433 e. The quantitative estimate of drug-likeness (QED) is 0.888. The van der Waals surface area contributed by atoms with Gasteiger partial charge >= 0.3 is 6.18 Å². The van der Waals surface area contributed by atoms with Gasteiger partial charge in [-0.3, -0.25) is 0 Å². The van der Waals surface area contributed by atoms with E-state index < -0.39 is 11.9 Å². The van der Waals surface area contributed by atoms with Gasteiger partial charge in [-0.2, -0.15) is 24.9 Å². The van der Waals surface area contributed by atoms with Crippen molar-refractivity contribution in [1.29, 1.82) is 0 Å². The molecule has 0 bridgehead atoms. The van der Waals surface area contributed by atoms with Crippen LogP contribution in [0.4, 0.5) is 19.1 Å². The van der Waals surface area contributed by atoms with E-state index in [4.69, 9.17) is 0 Å². The van der Waals surface area contributed by atoms with Crippen LogP contribution in [0.15, 0.2) is 12.3 Å². The van der Waals surface area contributed by atoms with Gasteiger partial charge in [0.2, 0.25) is 5.95 Å². The summed E-state index contributed by atoms with van der Waals surface area (Å²) in [6.07, 6.45) is -0.490. The predicted octanol–water partition coefficient (Wildman–Crippen LogP) is 3.05. The summed E-state index contributed by atoms with van der Waals surface area (Å²) in [6, 6.07) is 0.906. The highest BCUT2D eigenvalue weighted by molar-refractivity contribution is 7.98. The number of nitrogens with zero attached hydrogens (tertiary/aromatic N) is 2. The molecule has 17 heavy (non-hydrogen) atoms. The van der Waals surface area contributed by atoms with Gasteiger partial charge in [-0.25, -0.2) is 9.97 Å². The average molecular weight is 265 g/mol. The van der Waals surface area contributed by atoms with Crippen molar-refractivity contribution in [3.05, 3.63) is 18.0 Å². The lowest BCUT2D eigenvalue weighted by Gasteiger charge is -2.14. The molecule has 1 atom stereocenters. The zero-order valence-corrected chi connectivity index (χ0v) is 10.4. The smallest absolute Gasteiger partial charge is 0.352 e. The molecule has 1 unspecified atom stereocenters. The first kappa shape index (κ1) is 14.1. The Morgan fingerprint density at radius 1 is 1.47 bits per heavy atom. The van der Waals surface area contributed by atoms with Gasteiger partial charge in [0.1, 0.15) is 5.69 Å². The van der Waals surface area contributed by atoms with Crippen molar-refractivity contribution in [3.8, 4) is 0 Å². The van der Waals surface area contributed by atoms with Crippen molar-refractivity contribution in [1.82, 2.24) is 9.97 Å². The molecule has 0 radical (unpaired) electrons. The summed E-state index contributed by atoms with van der Waals surface area (Å²) >= 11 is 1.69. The lowest BCUT2D eigenvalue weighted by Crippen LogP contribution is -2.19. The number of thioether (sulfide) groups is 1. The van der Waals surface area contributed by atoms with Crippen LogP contribution in [0.1, 0.15) is 19.0 Å². The van der Waals surface area contributed by atoms with Crippen molar-refractivity contribution in [2.45, 2.75) is 25.6 Å². The van der Waals surface area contributed by atoms with Crippen molar-refractivity contribution < 1.29 is 13.2 Å². The second-order valence-electron chi connectivity index (χ2n) is 3.59. The molecule has 1 rings (SSSR count). The number of rotatable bonds is 5. The number of nitrogens with one attached hydrogen (secondary N) is 1. The summed E-state index contributed by atoms with van der Waals surface area (Å²) in [4.78, 5) is 7.21. The third-order valence-corrected chi connectivity index (χ3v) is 2.72. The Hall–Kier alpha value is -0.980. The van der Waals surface area contributed by atoms with Gasteiger partial charge in [0, 0.05) is 12.2 Å². The summed E-state index contributed by atoms with van der Waals surface area (Å²) in [6.45, 7) is 1.89. The molecule has 0 aromatic carbocycles. The number of anilines is 1. The molecule has 0 aliphatic heterocycles. The van der Waals surface area contributed by atoms with Gasteiger partial charge in [0.05, 0.1) is 0 Å². The molecule has 0 saturated carbocycles. The van der Waals surface area contributed by atoms with E-state index in [1.54, 1.807) is 11.8 Å². The molecule has 0 aliphatic carbocycles. The van der Waals surface area contributed by atoms with E-state index in [0.717, 1.165) is 24.4 Å². The molecule has 1 heterocycles. The van der Waals surface area contributed by atoms with Gasteiger partial charge in [0.25, 0.3) is 0 Å². The fraction of sp³-hybridized carbons (Fsp3) is 0.600. The summed E-state index contributed by atoms with van der Waals surface area (Å²) in [5.74, 6) is 0.959. The van der Waals surface area contributed by atoms with Crippen molar-refractivity contribution in [2.75, 3.05) is 17.3 Å². The normalized spacial score (nSPS) is 13.5. The van der Waals surface area contributed by atoms with E-state index in [-0.39, 0.29) is 12.0 Å². The molecule has 1 N–H and O–H groups in total. The molecule has 3 nitrogen and oxygen atoms in total. The van der Waals surface area contributed by atoms with Crippen molar-refractivity contribution >= 4 is 17.7 Å². The Labute approximate surface area is 102 Å². The molecule has 96 valence electrons. The number of aromatic nitrogens is 2. The van der Waals surface area contributed by atoms with Crippen molar-refractivity contribution in [2.24, 2.45) is 0 Å². The van der Waals surface area contributed by atoms with Crippen LogP contribution in [0.3, 0.4) is 0 Å². The predicted molar refractivity (Wildman–Crippen MR) is 63.1 cm³/mol. The highest BCUT2D eigenvalue weighted by atomic mass is 32.2. The van der Waals surface area contributed by atoms with Crippen LogP contribution in [-0.4, -0.2) is 28.0 Å². The van der Waals surface area contributed by atoms with E-state index in [2.05, 4.69) is 15.3 Å². The van der Waals surface area contributed by atoms with E-state index in [9.17, 15) is 13.2 Å². The highest BCUT2D eigenvalue weighted by Crippen LogP contribution is 2.27. The second-order valence-corrected chi connectivity index (χ2v) is 4.58. The first-order valence-electron chi connectivity index (χ1n) is 5.09. The summed E-state index contributed by atoms with van der Waals surface area (Å²) in [5, 5.41) is 2.85. The molecule has 0 saturated heterocycles. The van der Waals surface area contributed by atoms with Crippen LogP contribution in [0.25, 0.3) is 0 Å². The first-order valence-corrected chi connectivity index (χ1v) is 6.48. The van der Waals surface area contributed by atoms with Crippen LogP contribution in [0.5, 0.6) is 0 Å². The van der Waals surface area contributed by atoms with Crippen molar-refractivity contribution in [3.63, 3.8) is 0 Å². The molecule has 0 fully saturated rings. The maximum atomic E-state index is 12.4. The highest BCUT2D eigenvalue weighted by Gasteiger charge is 2.32. The minimum absolute atomic E-state index is 0.0217. The Balaban J connectivity index is 2.66. The summed E-state index contributed by atoms with van der Waals surface area (Å²) in [5.41, 5.74) is -0.924. The van der Waals surface area contributed by atoms with Crippen LogP contribution in [0, 0.1) is 0 Å². The van der Waals surface area contributed by atoms with Gasteiger partial charge in [-0.05, 0) is 31.4 Å². The van der Waals surface area contributed by atoms with Crippen LogP contribution >= 0.6 is 11.8 Å². The lowest BCUT2D eigenvalue weighted by molar-refractivity contribution is -0.141. The van der Waals surface area contributed by atoms with Crippen LogP contribution in [-0.2, 0) is 6.18 Å². The van der Waals surface area contributed by atoms with E-state index in [0.29, 0.717) is 0 Å². The molecule has 0 aliphatic rings. The molecule has 1 aromatic rings. The summed E-state index contributed by atoms with van der Waals surface area (Å²) < 4.78 is 37.2. The Kier molecular flexibility index (Phi) is 5.04. The Bertz CT molecular complexity index is 357. The molecule has 7 heteroatoms. The topological polar surface area (TPSA) is 37.8 Å². The van der Waals surface area contributed by atoms with Gasteiger partial charge in [0.15, 0.2) is 0 Å². The number of alkyl halides is 3. The second kappa shape index (κ2) is 6.09. The minimum Gasteiger partial charge on any atom is -0.352 e. The molecule has 0 spiro atoms. The molecular formula is C10H14F3N3S. The van der Waals surface area contributed by atoms with E-state index >= 15 is 0 Å². The molecule has 1 aromatic heterocycles. The fourth-order valence-electron chi connectivity index (χ4n) is 1.17. The maximum Gasteiger partial charge on any atom is 0.433 e. The zero-order chi connectivity index (χ0) is 12.9. The monoisotopic (exact) mass is 265 g/mol. The molecule has 0 amide bonds. The van der Waals surface area contributed by atoms with Crippen LogP contribution in [0.2, 0.25) is 0 Å². The standard InChI is InChI=1S/C10H14F3N3S/c1-7(4-6-17-2)15-9-14-5-3-8(16-9)10(11,12)13/h3,5,7H,4,6H2,1-2H3,(H,14,15,16). The Morgan fingerprint density at radius 2 is 2.18 bits per heavy atom. The zero-order valence-electron chi connectivity index (χ0n) is 9.58. The number of hydrogen-bond acceptors (Lipinski definition) is 4. The van der Waals surface area contributed by atoms with Crippen LogP contribution < -0.4 is 5.32 Å². The number of halogens is 3. The third-order valence-electron chi connectivity index (χ3n) is 2.08. The maximum absolute atomic E-state index is 12.4. The third kappa shape index (κ3) is 4.80.